The highest BCUT2D eigenvalue weighted by Crippen LogP contribution is 2.11. The maximum absolute atomic E-state index is 11.9. The van der Waals surface area contributed by atoms with Crippen LogP contribution in [0.5, 0.6) is 0 Å². The van der Waals surface area contributed by atoms with Gasteiger partial charge in [-0.1, -0.05) is 0 Å². The first-order valence-corrected chi connectivity index (χ1v) is 6.55. The fraction of sp³-hybridized carbons (Fsp3) is 0.417. The number of piperazine rings is 1. The minimum Gasteiger partial charge on any atom is -0.332 e. The average Bonchev–Trinajstić information content (AvgIpc) is 2.36. The first-order chi connectivity index (χ1) is 8.60. The Morgan fingerprint density at radius 3 is 2.50 bits per heavy atom. The van der Waals surface area contributed by atoms with Crippen molar-refractivity contribution in [3.63, 3.8) is 0 Å². The average molecular weight is 312 g/mol. The van der Waals surface area contributed by atoms with Crippen LogP contribution in [0.25, 0.3) is 0 Å². The number of hydrogen-bond donors (Lipinski definition) is 0. The molecule has 2 heterocycles. The summed E-state index contributed by atoms with van der Waals surface area (Å²) in [5, 5.41) is 0. The molecule has 1 saturated heterocycles. The van der Waals surface area contributed by atoms with Crippen LogP contribution in [0.2, 0.25) is 0 Å². The van der Waals surface area contributed by atoms with Crippen molar-refractivity contribution in [2.75, 3.05) is 19.6 Å². The summed E-state index contributed by atoms with van der Waals surface area (Å²) in [4.78, 5) is 30.9. The van der Waals surface area contributed by atoms with E-state index < -0.39 is 0 Å². The van der Waals surface area contributed by atoms with Crippen molar-refractivity contribution in [1.29, 1.82) is 0 Å². The van der Waals surface area contributed by atoms with Gasteiger partial charge >= 0.3 is 0 Å². The van der Waals surface area contributed by atoms with Crippen LogP contribution >= 0.6 is 15.9 Å². The van der Waals surface area contributed by atoms with Crippen molar-refractivity contribution in [2.45, 2.75) is 13.5 Å². The van der Waals surface area contributed by atoms with Gasteiger partial charge in [0.05, 0.1) is 18.8 Å². The first-order valence-electron chi connectivity index (χ1n) is 5.76. The molecule has 1 aromatic heterocycles. The number of carbonyl (C=O) groups excluding carboxylic acids is 2. The minimum absolute atomic E-state index is 0.00536. The van der Waals surface area contributed by atoms with E-state index in [0.717, 1.165) is 10.2 Å². The van der Waals surface area contributed by atoms with Crippen LogP contribution in [0.1, 0.15) is 12.6 Å². The molecule has 5 nitrogen and oxygen atoms in total. The molecule has 1 aromatic rings. The summed E-state index contributed by atoms with van der Waals surface area (Å²) in [5.41, 5.74) is 0.782. The van der Waals surface area contributed by atoms with Crippen LogP contribution in [0.15, 0.2) is 22.8 Å². The molecule has 96 valence electrons. The Balaban J connectivity index is 2.04. The Labute approximate surface area is 114 Å². The number of likely N-dealkylation sites (N-methyl/N-ethyl adjacent to an activating group) is 1. The molecule has 0 bridgehead atoms. The third-order valence-electron chi connectivity index (χ3n) is 2.88. The molecule has 2 rings (SSSR count). The fourth-order valence-corrected chi connectivity index (χ4v) is 2.07. The molecule has 0 atom stereocenters. The molecule has 2 amide bonds. The van der Waals surface area contributed by atoms with Gasteiger partial charge in [-0.25, -0.2) is 0 Å². The third-order valence-corrected chi connectivity index (χ3v) is 3.35. The lowest BCUT2D eigenvalue weighted by atomic mass is 10.2. The van der Waals surface area contributed by atoms with Crippen molar-refractivity contribution in [1.82, 2.24) is 14.8 Å². The topological polar surface area (TPSA) is 53.5 Å². The number of carbonyl (C=O) groups is 2. The first kappa shape index (κ1) is 13.0. The fourth-order valence-electron chi connectivity index (χ4n) is 1.83. The van der Waals surface area contributed by atoms with Gasteiger partial charge in [0.15, 0.2) is 0 Å². The number of rotatable bonds is 3. The van der Waals surface area contributed by atoms with Crippen LogP contribution in [-0.2, 0) is 16.1 Å². The van der Waals surface area contributed by atoms with Crippen molar-refractivity contribution in [2.24, 2.45) is 0 Å². The highest BCUT2D eigenvalue weighted by atomic mass is 79.9. The molecular formula is C12H14BrN3O2. The second-order valence-corrected chi connectivity index (χ2v) is 5.04. The maximum atomic E-state index is 11.9. The van der Waals surface area contributed by atoms with Gasteiger partial charge in [-0.3, -0.25) is 14.6 Å². The van der Waals surface area contributed by atoms with Gasteiger partial charge in [-0.2, -0.15) is 0 Å². The Kier molecular flexibility index (Phi) is 3.96. The number of halogens is 1. The molecule has 0 radical (unpaired) electrons. The van der Waals surface area contributed by atoms with E-state index in [1.807, 2.05) is 19.1 Å². The SMILES string of the molecule is CCN1CC(=O)N(Cc2ccc(Br)cn2)CC1=O. The molecular weight excluding hydrogens is 298 g/mol. The summed E-state index contributed by atoms with van der Waals surface area (Å²) in [6, 6.07) is 3.71. The van der Waals surface area contributed by atoms with E-state index >= 15 is 0 Å². The normalized spacial score (nSPS) is 16.3. The minimum atomic E-state index is -0.0267. The molecule has 1 fully saturated rings. The van der Waals surface area contributed by atoms with Gasteiger partial charge in [0.1, 0.15) is 6.54 Å². The molecule has 0 N–H and O–H groups in total. The van der Waals surface area contributed by atoms with Gasteiger partial charge in [-0.15, -0.1) is 0 Å². The zero-order valence-corrected chi connectivity index (χ0v) is 11.7. The van der Waals surface area contributed by atoms with Crippen molar-refractivity contribution >= 4 is 27.7 Å². The summed E-state index contributed by atoms with van der Waals surface area (Å²) in [6.07, 6.45) is 1.68. The van der Waals surface area contributed by atoms with E-state index in [2.05, 4.69) is 20.9 Å². The Morgan fingerprint density at radius 1 is 1.22 bits per heavy atom. The number of amides is 2. The smallest absolute Gasteiger partial charge is 0.243 e. The molecule has 0 saturated carbocycles. The predicted molar refractivity (Wildman–Crippen MR) is 69.6 cm³/mol. The highest BCUT2D eigenvalue weighted by Gasteiger charge is 2.28. The number of aromatic nitrogens is 1. The summed E-state index contributed by atoms with van der Waals surface area (Å²) in [6.45, 7) is 3.15. The largest absolute Gasteiger partial charge is 0.332 e. The summed E-state index contributed by atoms with van der Waals surface area (Å²) in [5.74, 6) is -0.0321. The second-order valence-electron chi connectivity index (χ2n) is 4.13. The van der Waals surface area contributed by atoms with Crippen LogP contribution in [0.3, 0.4) is 0 Å². The van der Waals surface area contributed by atoms with Gasteiger partial charge < -0.3 is 9.80 Å². The Bertz CT molecular complexity index is 461. The molecule has 0 unspecified atom stereocenters. The second kappa shape index (κ2) is 5.48. The van der Waals surface area contributed by atoms with Crippen molar-refractivity contribution in [3.8, 4) is 0 Å². The zero-order valence-electron chi connectivity index (χ0n) is 10.1. The quantitative estimate of drug-likeness (QED) is 0.838. The molecule has 0 aliphatic carbocycles. The van der Waals surface area contributed by atoms with E-state index in [9.17, 15) is 9.59 Å². The molecule has 0 spiro atoms. The number of nitrogens with zero attached hydrogens (tertiary/aromatic N) is 3. The van der Waals surface area contributed by atoms with E-state index in [4.69, 9.17) is 0 Å². The summed E-state index contributed by atoms with van der Waals surface area (Å²) < 4.78 is 0.893. The molecule has 1 aliphatic heterocycles. The van der Waals surface area contributed by atoms with Gasteiger partial charge in [0, 0.05) is 17.2 Å². The summed E-state index contributed by atoms with van der Waals surface area (Å²) >= 11 is 3.31. The molecule has 6 heteroatoms. The number of hydrogen-bond acceptors (Lipinski definition) is 3. The summed E-state index contributed by atoms with van der Waals surface area (Å²) in [7, 11) is 0. The van der Waals surface area contributed by atoms with E-state index in [-0.39, 0.29) is 24.9 Å². The maximum Gasteiger partial charge on any atom is 0.243 e. The molecule has 1 aliphatic rings. The Morgan fingerprint density at radius 2 is 1.89 bits per heavy atom. The van der Waals surface area contributed by atoms with E-state index in [0.29, 0.717) is 13.1 Å². The van der Waals surface area contributed by atoms with Crippen LogP contribution in [-0.4, -0.2) is 46.2 Å². The Hall–Kier alpha value is -1.43. The number of pyridine rings is 1. The standard InChI is InChI=1S/C12H14BrN3O2/c1-2-15-7-12(18)16(8-11(15)17)6-10-4-3-9(13)5-14-10/h3-5H,2,6-8H2,1H3. The van der Waals surface area contributed by atoms with Crippen molar-refractivity contribution < 1.29 is 9.59 Å². The van der Waals surface area contributed by atoms with E-state index in [1.165, 1.54) is 0 Å². The lowest BCUT2D eigenvalue weighted by molar-refractivity contribution is -0.150. The zero-order chi connectivity index (χ0) is 13.1. The predicted octanol–water partition coefficient (Wildman–Crippen LogP) is 1.03. The van der Waals surface area contributed by atoms with Crippen molar-refractivity contribution in [3.05, 3.63) is 28.5 Å². The highest BCUT2D eigenvalue weighted by molar-refractivity contribution is 9.10. The lowest BCUT2D eigenvalue weighted by Gasteiger charge is -2.33. The third kappa shape index (κ3) is 2.87. The lowest BCUT2D eigenvalue weighted by Crippen LogP contribution is -2.53. The van der Waals surface area contributed by atoms with Crippen LogP contribution < -0.4 is 0 Å². The van der Waals surface area contributed by atoms with Gasteiger partial charge in [0.2, 0.25) is 11.8 Å². The molecule has 18 heavy (non-hydrogen) atoms. The molecule has 0 aromatic carbocycles. The van der Waals surface area contributed by atoms with Gasteiger partial charge in [-0.05, 0) is 35.0 Å². The van der Waals surface area contributed by atoms with Gasteiger partial charge in [0.25, 0.3) is 0 Å². The van der Waals surface area contributed by atoms with Crippen LogP contribution in [0.4, 0.5) is 0 Å². The van der Waals surface area contributed by atoms with Crippen LogP contribution in [0, 0.1) is 0 Å². The van der Waals surface area contributed by atoms with E-state index in [1.54, 1.807) is 16.0 Å². The monoisotopic (exact) mass is 311 g/mol.